The average molecular weight is 195 g/mol. The zero-order chi connectivity index (χ0) is 9.97. The maximum absolute atomic E-state index is 11.7. The van der Waals surface area contributed by atoms with Crippen LogP contribution < -0.4 is 5.73 Å². The number of likely N-dealkylation sites (tertiary alicyclic amines) is 1. The maximum atomic E-state index is 11.7. The fourth-order valence-corrected chi connectivity index (χ4v) is 1.86. The van der Waals surface area contributed by atoms with Crippen LogP contribution in [0, 0.1) is 5.92 Å². The van der Waals surface area contributed by atoms with Gasteiger partial charge in [-0.3, -0.25) is 9.79 Å². The van der Waals surface area contributed by atoms with E-state index >= 15 is 0 Å². The molecule has 2 aliphatic rings. The number of amides is 1. The first-order valence-electron chi connectivity index (χ1n) is 5.31. The molecule has 0 spiro atoms. The number of nitrogens with zero attached hydrogens (tertiary/aromatic N) is 2. The summed E-state index contributed by atoms with van der Waals surface area (Å²) in [6, 6.07) is 0.293. The molecule has 0 bridgehead atoms. The molecule has 4 heteroatoms. The van der Waals surface area contributed by atoms with Crippen molar-refractivity contribution < 1.29 is 4.79 Å². The second kappa shape index (κ2) is 4.09. The van der Waals surface area contributed by atoms with Crippen molar-refractivity contribution in [2.75, 3.05) is 19.6 Å². The van der Waals surface area contributed by atoms with Crippen LogP contribution >= 0.6 is 0 Å². The van der Waals surface area contributed by atoms with Crippen LogP contribution in [-0.2, 0) is 4.79 Å². The molecule has 1 aliphatic heterocycles. The van der Waals surface area contributed by atoms with Gasteiger partial charge >= 0.3 is 0 Å². The lowest BCUT2D eigenvalue weighted by Crippen LogP contribution is -2.30. The topological polar surface area (TPSA) is 58.7 Å². The molecule has 1 aliphatic carbocycles. The Balaban J connectivity index is 1.81. The fourth-order valence-electron chi connectivity index (χ4n) is 1.86. The summed E-state index contributed by atoms with van der Waals surface area (Å²) in [6.07, 6.45) is 4.92. The molecule has 4 nitrogen and oxygen atoms in total. The molecular formula is C10H17N3O. The molecule has 1 unspecified atom stereocenters. The summed E-state index contributed by atoms with van der Waals surface area (Å²) in [5, 5.41) is 0. The number of carbonyl (C=O) groups is 1. The number of rotatable bonds is 3. The van der Waals surface area contributed by atoms with Gasteiger partial charge in [0.2, 0.25) is 5.91 Å². The van der Waals surface area contributed by atoms with E-state index in [9.17, 15) is 4.79 Å². The largest absolute Gasteiger partial charge is 0.340 e. The van der Waals surface area contributed by atoms with Crippen LogP contribution in [0.2, 0.25) is 0 Å². The second-order valence-electron chi connectivity index (χ2n) is 4.07. The average Bonchev–Trinajstić information content (AvgIpc) is 2.94. The predicted molar refractivity (Wildman–Crippen MR) is 55.3 cm³/mol. The van der Waals surface area contributed by atoms with Gasteiger partial charge in [-0.15, -0.1) is 0 Å². The van der Waals surface area contributed by atoms with Gasteiger partial charge in [-0.05, 0) is 19.3 Å². The van der Waals surface area contributed by atoms with Gasteiger partial charge in [0, 0.05) is 31.8 Å². The highest BCUT2D eigenvalue weighted by Gasteiger charge is 2.36. The van der Waals surface area contributed by atoms with Gasteiger partial charge in [-0.1, -0.05) is 0 Å². The van der Waals surface area contributed by atoms with Crippen LogP contribution in [0.4, 0.5) is 0 Å². The SMILES string of the molecule is NCC=NC1CCN(C(=O)C2CC2)C1. The summed E-state index contributed by atoms with van der Waals surface area (Å²) in [5.41, 5.74) is 5.33. The molecule has 2 N–H and O–H groups in total. The van der Waals surface area contributed by atoms with E-state index < -0.39 is 0 Å². The molecule has 0 aromatic heterocycles. The van der Waals surface area contributed by atoms with E-state index in [4.69, 9.17) is 5.73 Å². The molecule has 0 radical (unpaired) electrons. The predicted octanol–water partition coefficient (Wildman–Crippen LogP) is 0.0268. The third-order valence-corrected chi connectivity index (χ3v) is 2.82. The highest BCUT2D eigenvalue weighted by atomic mass is 16.2. The second-order valence-corrected chi connectivity index (χ2v) is 4.07. The van der Waals surface area contributed by atoms with Crippen molar-refractivity contribution in [3.05, 3.63) is 0 Å². The van der Waals surface area contributed by atoms with Crippen LogP contribution in [0.5, 0.6) is 0 Å². The maximum Gasteiger partial charge on any atom is 0.225 e. The zero-order valence-corrected chi connectivity index (χ0v) is 8.35. The third-order valence-electron chi connectivity index (χ3n) is 2.82. The van der Waals surface area contributed by atoms with Gasteiger partial charge in [0.15, 0.2) is 0 Å². The lowest BCUT2D eigenvalue weighted by molar-refractivity contribution is -0.131. The highest BCUT2D eigenvalue weighted by molar-refractivity contribution is 5.81. The highest BCUT2D eigenvalue weighted by Crippen LogP contribution is 2.32. The molecule has 78 valence electrons. The first kappa shape index (κ1) is 9.65. The van der Waals surface area contributed by atoms with Crippen LogP contribution in [-0.4, -0.2) is 42.7 Å². The van der Waals surface area contributed by atoms with Gasteiger partial charge < -0.3 is 10.6 Å². The van der Waals surface area contributed by atoms with Crippen molar-refractivity contribution >= 4 is 12.1 Å². The van der Waals surface area contributed by atoms with Crippen molar-refractivity contribution in [3.63, 3.8) is 0 Å². The molecule has 1 atom stereocenters. The van der Waals surface area contributed by atoms with Gasteiger partial charge in [-0.25, -0.2) is 0 Å². The van der Waals surface area contributed by atoms with Gasteiger partial charge in [-0.2, -0.15) is 0 Å². The quantitative estimate of drug-likeness (QED) is 0.646. The van der Waals surface area contributed by atoms with E-state index in [2.05, 4.69) is 4.99 Å². The Morgan fingerprint density at radius 1 is 1.50 bits per heavy atom. The lowest BCUT2D eigenvalue weighted by Gasteiger charge is -2.14. The first-order valence-corrected chi connectivity index (χ1v) is 5.31. The molecule has 1 amide bonds. The number of carbonyl (C=O) groups excluding carboxylic acids is 1. The molecule has 0 aromatic rings. The normalized spacial score (nSPS) is 27.5. The monoisotopic (exact) mass is 195 g/mol. The summed E-state index contributed by atoms with van der Waals surface area (Å²) >= 11 is 0. The van der Waals surface area contributed by atoms with E-state index in [1.54, 1.807) is 6.21 Å². The summed E-state index contributed by atoms with van der Waals surface area (Å²) in [6.45, 7) is 2.17. The summed E-state index contributed by atoms with van der Waals surface area (Å²) in [7, 11) is 0. The minimum absolute atomic E-state index is 0.293. The Morgan fingerprint density at radius 2 is 2.29 bits per heavy atom. The Morgan fingerprint density at radius 3 is 2.93 bits per heavy atom. The van der Waals surface area contributed by atoms with Gasteiger partial charge in [0.25, 0.3) is 0 Å². The van der Waals surface area contributed by atoms with E-state index in [0.717, 1.165) is 32.4 Å². The van der Waals surface area contributed by atoms with Crippen molar-refractivity contribution in [1.29, 1.82) is 0 Å². The van der Waals surface area contributed by atoms with E-state index in [-0.39, 0.29) is 0 Å². The number of hydrogen-bond acceptors (Lipinski definition) is 3. The molecule has 2 rings (SSSR count). The van der Waals surface area contributed by atoms with Crippen LogP contribution in [0.15, 0.2) is 4.99 Å². The third kappa shape index (κ3) is 2.12. The molecule has 2 fully saturated rings. The van der Waals surface area contributed by atoms with Crippen molar-refractivity contribution in [2.45, 2.75) is 25.3 Å². The van der Waals surface area contributed by atoms with Gasteiger partial charge in [0.1, 0.15) is 0 Å². The van der Waals surface area contributed by atoms with Crippen LogP contribution in [0.1, 0.15) is 19.3 Å². The van der Waals surface area contributed by atoms with E-state index in [1.807, 2.05) is 4.90 Å². The van der Waals surface area contributed by atoms with Crippen molar-refractivity contribution in [1.82, 2.24) is 4.90 Å². The summed E-state index contributed by atoms with van der Waals surface area (Å²) in [4.78, 5) is 17.9. The smallest absolute Gasteiger partial charge is 0.225 e. The number of nitrogens with two attached hydrogens (primary N) is 1. The van der Waals surface area contributed by atoms with E-state index in [0.29, 0.717) is 24.4 Å². The Hall–Kier alpha value is -0.900. The zero-order valence-electron chi connectivity index (χ0n) is 8.35. The van der Waals surface area contributed by atoms with Crippen molar-refractivity contribution in [2.24, 2.45) is 16.6 Å². The molecule has 14 heavy (non-hydrogen) atoms. The first-order chi connectivity index (χ1) is 6.81. The van der Waals surface area contributed by atoms with Crippen LogP contribution in [0.3, 0.4) is 0 Å². The summed E-state index contributed by atoms with van der Waals surface area (Å²) < 4.78 is 0. The Bertz CT molecular complexity index is 248. The standard InChI is InChI=1S/C10H17N3O/c11-4-5-12-9-3-6-13(7-9)10(14)8-1-2-8/h5,8-9H,1-4,6-7,11H2. The molecular weight excluding hydrogens is 178 g/mol. The number of aliphatic imine (C=N–C) groups is 1. The minimum Gasteiger partial charge on any atom is -0.340 e. The van der Waals surface area contributed by atoms with Gasteiger partial charge in [0.05, 0.1) is 6.04 Å². The fraction of sp³-hybridized carbons (Fsp3) is 0.800. The molecule has 0 aromatic carbocycles. The van der Waals surface area contributed by atoms with Crippen LogP contribution in [0.25, 0.3) is 0 Å². The molecule has 1 saturated heterocycles. The molecule has 1 heterocycles. The lowest BCUT2D eigenvalue weighted by atomic mass is 10.3. The van der Waals surface area contributed by atoms with E-state index in [1.165, 1.54) is 0 Å². The molecule has 1 saturated carbocycles. The Labute approximate surface area is 84.2 Å². The Kier molecular flexibility index (Phi) is 2.82. The minimum atomic E-state index is 0.293. The van der Waals surface area contributed by atoms with Crippen molar-refractivity contribution in [3.8, 4) is 0 Å². The number of hydrogen-bond donors (Lipinski definition) is 1. The summed E-state index contributed by atoms with van der Waals surface area (Å²) in [5.74, 6) is 0.683.